The molecule has 3 rings (SSSR count). The van der Waals surface area contributed by atoms with Crippen LogP contribution in [0.25, 0.3) is 5.69 Å². The first-order valence-corrected chi connectivity index (χ1v) is 9.78. The van der Waals surface area contributed by atoms with E-state index in [1.807, 2.05) is 41.8 Å². The van der Waals surface area contributed by atoms with E-state index in [0.717, 1.165) is 17.9 Å². The Labute approximate surface area is 168 Å². The molecule has 0 bridgehead atoms. The fourth-order valence-corrected chi connectivity index (χ4v) is 3.44. The van der Waals surface area contributed by atoms with Crippen molar-refractivity contribution in [2.45, 2.75) is 18.5 Å². The molecule has 1 aromatic heterocycles. The van der Waals surface area contributed by atoms with Crippen molar-refractivity contribution in [1.29, 1.82) is 0 Å². The first-order valence-electron chi connectivity index (χ1n) is 8.80. The average molecular weight is 398 g/mol. The first-order chi connectivity index (χ1) is 13.6. The third-order valence-corrected chi connectivity index (χ3v) is 4.93. The van der Waals surface area contributed by atoms with Gasteiger partial charge >= 0.3 is 0 Å². The van der Waals surface area contributed by atoms with E-state index < -0.39 is 0 Å². The molecule has 0 spiro atoms. The summed E-state index contributed by atoms with van der Waals surface area (Å²) in [6, 6.07) is 15.1. The van der Waals surface area contributed by atoms with Gasteiger partial charge in [-0.15, -0.1) is 10.2 Å². The number of nitrogens with zero attached hydrogens (tertiary/aromatic N) is 3. The van der Waals surface area contributed by atoms with Crippen molar-refractivity contribution in [2.75, 3.05) is 25.3 Å². The summed E-state index contributed by atoms with van der Waals surface area (Å²) < 4.78 is 12.4. The van der Waals surface area contributed by atoms with Gasteiger partial charge in [-0.25, -0.2) is 0 Å². The molecular weight excluding hydrogens is 376 g/mol. The van der Waals surface area contributed by atoms with Gasteiger partial charge < -0.3 is 14.8 Å². The highest BCUT2D eigenvalue weighted by atomic mass is 32.2. The number of ether oxygens (including phenoxy) is 2. The summed E-state index contributed by atoms with van der Waals surface area (Å²) in [5.74, 6) is 2.12. The number of carbonyl (C=O) groups is 1. The fraction of sp³-hybridized carbons (Fsp3) is 0.250. The zero-order chi connectivity index (χ0) is 19.9. The monoisotopic (exact) mass is 398 g/mol. The number of hydrogen-bond acceptors (Lipinski definition) is 6. The molecule has 1 N–H and O–H groups in total. The highest BCUT2D eigenvalue weighted by Crippen LogP contribution is 2.26. The average Bonchev–Trinajstić information content (AvgIpc) is 3.15. The quantitative estimate of drug-likeness (QED) is 0.585. The van der Waals surface area contributed by atoms with E-state index >= 15 is 0 Å². The predicted molar refractivity (Wildman–Crippen MR) is 110 cm³/mol. The molecule has 0 aliphatic heterocycles. The second kappa shape index (κ2) is 9.27. The predicted octanol–water partition coefficient (Wildman–Crippen LogP) is 3.58. The van der Waals surface area contributed by atoms with Gasteiger partial charge in [0.2, 0.25) is 5.91 Å². The first kappa shape index (κ1) is 19.8. The van der Waals surface area contributed by atoms with Gasteiger partial charge in [0, 0.05) is 36.0 Å². The van der Waals surface area contributed by atoms with Crippen molar-refractivity contribution in [1.82, 2.24) is 14.8 Å². The minimum absolute atomic E-state index is 0.152. The third-order valence-electron chi connectivity index (χ3n) is 4.00. The number of methoxy groups -OCH3 is 2. The van der Waals surface area contributed by atoms with Gasteiger partial charge in [0.05, 0.1) is 20.0 Å². The van der Waals surface area contributed by atoms with Gasteiger partial charge in [-0.05, 0) is 12.1 Å². The van der Waals surface area contributed by atoms with Crippen molar-refractivity contribution in [3.8, 4) is 17.2 Å². The molecule has 0 saturated heterocycles. The molecule has 3 aromatic rings. The van der Waals surface area contributed by atoms with Gasteiger partial charge in [0.25, 0.3) is 0 Å². The van der Waals surface area contributed by atoms with Crippen LogP contribution >= 0.6 is 11.8 Å². The van der Waals surface area contributed by atoms with Crippen molar-refractivity contribution in [2.24, 2.45) is 0 Å². The van der Waals surface area contributed by atoms with Crippen LogP contribution in [0, 0.1) is 0 Å². The highest BCUT2D eigenvalue weighted by Gasteiger charge is 2.15. The molecule has 1 heterocycles. The molecule has 0 radical (unpaired) electrons. The molecule has 8 heteroatoms. The summed E-state index contributed by atoms with van der Waals surface area (Å²) in [6.07, 6.45) is 0.748. The molecule has 0 aliphatic carbocycles. The van der Waals surface area contributed by atoms with Crippen LogP contribution in [0.15, 0.2) is 53.7 Å². The Kier molecular flexibility index (Phi) is 6.54. The number of para-hydroxylation sites is 1. The van der Waals surface area contributed by atoms with E-state index in [9.17, 15) is 4.79 Å². The number of benzene rings is 2. The largest absolute Gasteiger partial charge is 0.497 e. The molecule has 1 amide bonds. The molecule has 0 unspecified atom stereocenters. The number of amides is 1. The number of aromatic nitrogens is 3. The summed E-state index contributed by atoms with van der Waals surface area (Å²) in [7, 11) is 3.13. The highest BCUT2D eigenvalue weighted by molar-refractivity contribution is 7.99. The fourth-order valence-electron chi connectivity index (χ4n) is 2.67. The normalized spacial score (nSPS) is 10.5. The van der Waals surface area contributed by atoms with Crippen LogP contribution in [0.4, 0.5) is 5.69 Å². The minimum Gasteiger partial charge on any atom is -0.497 e. The smallest absolute Gasteiger partial charge is 0.234 e. The van der Waals surface area contributed by atoms with Gasteiger partial charge in [0.1, 0.15) is 17.3 Å². The Morgan fingerprint density at radius 3 is 2.36 bits per heavy atom. The van der Waals surface area contributed by atoms with Crippen LogP contribution in [-0.4, -0.2) is 40.6 Å². The van der Waals surface area contributed by atoms with Crippen molar-refractivity contribution < 1.29 is 14.3 Å². The van der Waals surface area contributed by atoms with Crippen LogP contribution in [-0.2, 0) is 11.2 Å². The number of aryl methyl sites for hydroxylation is 1. The second-order valence-electron chi connectivity index (χ2n) is 5.86. The van der Waals surface area contributed by atoms with E-state index in [4.69, 9.17) is 9.47 Å². The zero-order valence-corrected chi connectivity index (χ0v) is 16.8. The zero-order valence-electron chi connectivity index (χ0n) is 16.0. The van der Waals surface area contributed by atoms with Crippen LogP contribution in [0.2, 0.25) is 0 Å². The second-order valence-corrected chi connectivity index (χ2v) is 6.80. The van der Waals surface area contributed by atoms with E-state index in [-0.39, 0.29) is 11.7 Å². The Morgan fingerprint density at radius 1 is 1.07 bits per heavy atom. The third kappa shape index (κ3) is 4.64. The van der Waals surface area contributed by atoms with Crippen molar-refractivity contribution >= 4 is 23.4 Å². The molecule has 28 heavy (non-hydrogen) atoms. The molecule has 0 atom stereocenters. The molecular formula is C20H22N4O3S. The molecule has 7 nitrogen and oxygen atoms in total. The number of carbonyl (C=O) groups excluding carboxylic acids is 1. The number of nitrogens with one attached hydrogen (secondary N) is 1. The lowest BCUT2D eigenvalue weighted by Gasteiger charge is -2.11. The van der Waals surface area contributed by atoms with Crippen molar-refractivity contribution in [3.05, 3.63) is 54.4 Å². The lowest BCUT2D eigenvalue weighted by Crippen LogP contribution is -2.15. The molecule has 146 valence electrons. The van der Waals surface area contributed by atoms with Crippen LogP contribution in [0.5, 0.6) is 11.5 Å². The van der Waals surface area contributed by atoms with Gasteiger partial charge in [0.15, 0.2) is 5.16 Å². The van der Waals surface area contributed by atoms with Gasteiger partial charge in [-0.2, -0.15) is 0 Å². The summed E-state index contributed by atoms with van der Waals surface area (Å²) >= 11 is 1.34. The van der Waals surface area contributed by atoms with E-state index in [2.05, 4.69) is 15.5 Å². The van der Waals surface area contributed by atoms with E-state index in [0.29, 0.717) is 22.3 Å². The van der Waals surface area contributed by atoms with Gasteiger partial charge in [-0.1, -0.05) is 36.9 Å². The van der Waals surface area contributed by atoms with E-state index in [1.54, 1.807) is 32.4 Å². The summed E-state index contributed by atoms with van der Waals surface area (Å²) in [6.45, 7) is 2.03. The number of anilines is 1. The number of hydrogen-bond donors (Lipinski definition) is 1. The number of rotatable bonds is 8. The van der Waals surface area contributed by atoms with Crippen LogP contribution < -0.4 is 14.8 Å². The van der Waals surface area contributed by atoms with Gasteiger partial charge in [-0.3, -0.25) is 9.36 Å². The summed E-state index contributed by atoms with van der Waals surface area (Å²) in [5, 5.41) is 12.0. The van der Waals surface area contributed by atoms with E-state index in [1.165, 1.54) is 11.8 Å². The topological polar surface area (TPSA) is 78.3 Å². The van der Waals surface area contributed by atoms with Crippen molar-refractivity contribution in [3.63, 3.8) is 0 Å². The molecule has 0 fully saturated rings. The van der Waals surface area contributed by atoms with Crippen LogP contribution in [0.1, 0.15) is 12.7 Å². The SMILES string of the molecule is CCc1nnc(SCC(=O)Nc2cc(OC)cc(OC)c2)n1-c1ccccc1. The maximum Gasteiger partial charge on any atom is 0.234 e. The Bertz CT molecular complexity index is 922. The van der Waals surface area contributed by atoms with Crippen LogP contribution in [0.3, 0.4) is 0 Å². The molecule has 0 saturated carbocycles. The Balaban J connectivity index is 1.71. The summed E-state index contributed by atoms with van der Waals surface area (Å²) in [4.78, 5) is 12.4. The minimum atomic E-state index is -0.152. The number of thioether (sulfide) groups is 1. The maximum absolute atomic E-state index is 12.4. The lowest BCUT2D eigenvalue weighted by molar-refractivity contribution is -0.113. The lowest BCUT2D eigenvalue weighted by atomic mass is 10.2. The maximum atomic E-state index is 12.4. The molecule has 2 aromatic carbocycles. The molecule has 0 aliphatic rings. The summed E-state index contributed by atoms with van der Waals surface area (Å²) in [5.41, 5.74) is 1.59. The Hall–Kier alpha value is -3.00. The standard InChI is InChI=1S/C20H22N4O3S/c1-4-18-22-23-20(24(18)15-8-6-5-7-9-15)28-13-19(25)21-14-10-16(26-2)12-17(11-14)27-3/h5-12H,4,13H2,1-3H3,(H,21,25). The Morgan fingerprint density at radius 2 is 1.75 bits per heavy atom.